The maximum Gasteiger partial charge on any atom is 0.262 e. The Morgan fingerprint density at radius 3 is 2.07 bits per heavy atom. The van der Waals surface area contributed by atoms with E-state index in [4.69, 9.17) is 16.3 Å². The molecule has 1 atom stereocenters. The molecule has 57 heavy (non-hydrogen) atoms. The maximum absolute atomic E-state index is 13.5. The van der Waals surface area contributed by atoms with E-state index in [2.05, 4.69) is 61.2 Å². The van der Waals surface area contributed by atoms with E-state index >= 15 is 0 Å². The molecular weight excluding hydrogens is 744 g/mol. The summed E-state index contributed by atoms with van der Waals surface area (Å²) in [5.41, 5.74) is 4.05. The van der Waals surface area contributed by atoms with Crippen LogP contribution in [0.3, 0.4) is 0 Å². The van der Waals surface area contributed by atoms with Gasteiger partial charge in [-0.2, -0.15) is 5.26 Å². The number of carbonyl (C=O) groups excluding carboxylic acids is 5. The Bertz CT molecular complexity index is 2180. The minimum Gasteiger partial charge on any atom is -0.489 e. The zero-order chi connectivity index (χ0) is 40.6. The van der Waals surface area contributed by atoms with Crippen LogP contribution in [0.4, 0.5) is 5.69 Å². The van der Waals surface area contributed by atoms with Gasteiger partial charge >= 0.3 is 0 Å². The third-order valence-corrected chi connectivity index (χ3v) is 13.5. The van der Waals surface area contributed by atoms with Gasteiger partial charge in [-0.1, -0.05) is 39.3 Å². The fourth-order valence-electron chi connectivity index (χ4n) is 10.3. The lowest BCUT2D eigenvalue weighted by molar-refractivity contribution is -0.164. The first kappa shape index (κ1) is 38.6. The number of piperidine rings is 1. The van der Waals surface area contributed by atoms with Crippen LogP contribution in [0.1, 0.15) is 114 Å². The van der Waals surface area contributed by atoms with Crippen molar-refractivity contribution in [1.29, 1.82) is 5.26 Å². The summed E-state index contributed by atoms with van der Waals surface area (Å²) in [7, 11) is 2.11. The number of rotatable bonds is 8. The number of fused-ring (bicyclic) bond motifs is 2. The minimum absolute atomic E-state index is 0.0928. The van der Waals surface area contributed by atoms with E-state index in [0.29, 0.717) is 58.2 Å². The third kappa shape index (κ3) is 6.64. The van der Waals surface area contributed by atoms with Crippen molar-refractivity contribution in [3.8, 4) is 11.8 Å². The van der Waals surface area contributed by atoms with Crippen molar-refractivity contribution in [3.63, 3.8) is 0 Å². The molecule has 3 aromatic rings. The van der Waals surface area contributed by atoms with Crippen LogP contribution in [0.15, 0.2) is 54.6 Å². The number of halogens is 1. The number of ether oxygens (including phenoxy) is 1. The van der Waals surface area contributed by atoms with E-state index < -0.39 is 29.7 Å². The highest BCUT2D eigenvalue weighted by Crippen LogP contribution is 2.55. The number of nitriles is 1. The molecule has 1 saturated heterocycles. The van der Waals surface area contributed by atoms with Gasteiger partial charge in [-0.05, 0) is 91.8 Å². The fraction of sp³-hybridized carbons (Fsp3) is 0.455. The Hall–Kier alpha value is -5.25. The van der Waals surface area contributed by atoms with Gasteiger partial charge in [0.05, 0.1) is 21.7 Å². The summed E-state index contributed by atoms with van der Waals surface area (Å²) >= 11 is 6.25. The zero-order valence-electron chi connectivity index (χ0n) is 32.9. The molecule has 3 heterocycles. The second-order valence-electron chi connectivity index (χ2n) is 17.4. The number of anilines is 1. The van der Waals surface area contributed by atoms with E-state index in [0.717, 1.165) is 47.4 Å². The molecule has 12 nitrogen and oxygen atoms in total. The first-order valence-electron chi connectivity index (χ1n) is 19.7. The molecule has 5 aliphatic rings. The molecule has 8 rings (SSSR count). The van der Waals surface area contributed by atoms with Gasteiger partial charge in [0, 0.05) is 72.8 Å². The number of hydrogen-bond donors (Lipinski definition) is 2. The highest BCUT2D eigenvalue weighted by molar-refractivity contribution is 6.31. The molecule has 13 heteroatoms. The van der Waals surface area contributed by atoms with Gasteiger partial charge in [0.25, 0.3) is 17.7 Å². The highest BCUT2D eigenvalue weighted by atomic mass is 35.5. The first-order chi connectivity index (χ1) is 27.1. The van der Waals surface area contributed by atoms with E-state index in [1.807, 2.05) is 36.4 Å². The summed E-state index contributed by atoms with van der Waals surface area (Å²) in [5, 5.41) is 15.1. The molecule has 0 bridgehead atoms. The van der Waals surface area contributed by atoms with Crippen molar-refractivity contribution in [1.82, 2.24) is 20.4 Å². The van der Waals surface area contributed by atoms with E-state index in [1.54, 1.807) is 18.2 Å². The summed E-state index contributed by atoms with van der Waals surface area (Å²) in [6, 6.07) is 18.2. The minimum atomic E-state index is -0.969. The second kappa shape index (κ2) is 14.3. The lowest BCUT2D eigenvalue weighted by atomic mass is 9.49. The molecule has 0 spiro atoms. The van der Waals surface area contributed by atoms with Crippen molar-refractivity contribution in [3.05, 3.63) is 93.0 Å². The van der Waals surface area contributed by atoms with Crippen LogP contribution in [0.5, 0.6) is 5.75 Å². The Morgan fingerprint density at radius 2 is 1.51 bits per heavy atom. The number of benzene rings is 3. The Morgan fingerprint density at radius 1 is 0.895 bits per heavy atom. The van der Waals surface area contributed by atoms with Crippen molar-refractivity contribution >= 4 is 46.8 Å². The maximum atomic E-state index is 13.5. The van der Waals surface area contributed by atoms with Crippen LogP contribution < -0.4 is 20.3 Å². The average Bonchev–Trinajstić information content (AvgIpc) is 3.71. The largest absolute Gasteiger partial charge is 0.489 e. The van der Waals surface area contributed by atoms with Gasteiger partial charge in [-0.15, -0.1) is 0 Å². The number of amides is 5. The summed E-state index contributed by atoms with van der Waals surface area (Å²) in [4.78, 5) is 70.2. The van der Waals surface area contributed by atoms with Crippen LogP contribution in [0, 0.1) is 22.2 Å². The van der Waals surface area contributed by atoms with Crippen LogP contribution in [-0.4, -0.2) is 76.7 Å². The van der Waals surface area contributed by atoms with Crippen LogP contribution >= 0.6 is 11.6 Å². The van der Waals surface area contributed by atoms with Crippen molar-refractivity contribution in [2.45, 2.75) is 110 Å². The molecule has 0 radical (unpaired) electrons. The quantitative estimate of drug-likeness (QED) is 0.262. The number of carbonyl (C=O) groups is 5. The summed E-state index contributed by atoms with van der Waals surface area (Å²) in [6.45, 7) is 9.75. The number of imide groups is 2. The van der Waals surface area contributed by atoms with Gasteiger partial charge in [-0.3, -0.25) is 39.1 Å². The smallest absolute Gasteiger partial charge is 0.262 e. The van der Waals surface area contributed by atoms with Gasteiger partial charge < -0.3 is 15.0 Å². The lowest BCUT2D eigenvalue weighted by Gasteiger charge is -2.63. The fourth-order valence-corrected chi connectivity index (χ4v) is 10.5. The number of nitrogens with zero attached hydrogens (tertiary/aromatic N) is 4. The molecule has 3 fully saturated rings. The van der Waals surface area contributed by atoms with Gasteiger partial charge in [-0.25, -0.2) is 0 Å². The zero-order valence-corrected chi connectivity index (χ0v) is 33.6. The standard InChI is InChI=1S/C44H47ClN6O6/c1-43(2)41(44(3,4)42(43)57-31-15-8-25(21-46)34(45)20-31)48-37(53)24-6-9-28(10-7-24)49(5)29-11-13-30(14-12-29)50-22-26-18-32-33(19-27(26)23-50)40(56)51(39(32)55)35-16-17-36(52)47-38(35)54/h6-10,15,18-20,29-30,35,41-42H,11-14,16-17,22-23H2,1-5H3,(H,48,53)(H,47,52,54). The molecule has 2 N–H and O–H groups in total. The Kier molecular flexibility index (Phi) is 9.68. The molecule has 5 amide bonds. The molecule has 3 aliphatic heterocycles. The Balaban J connectivity index is 0.838. The van der Waals surface area contributed by atoms with Crippen LogP contribution in [0.25, 0.3) is 0 Å². The number of hydrogen-bond acceptors (Lipinski definition) is 9. The highest BCUT2D eigenvalue weighted by Gasteiger charge is 2.64. The molecule has 296 valence electrons. The van der Waals surface area contributed by atoms with Crippen molar-refractivity contribution in [2.24, 2.45) is 10.8 Å². The summed E-state index contributed by atoms with van der Waals surface area (Å²) < 4.78 is 6.38. The second-order valence-corrected chi connectivity index (χ2v) is 17.8. The van der Waals surface area contributed by atoms with Crippen LogP contribution in [-0.2, 0) is 22.7 Å². The molecule has 2 saturated carbocycles. The topological polar surface area (TPSA) is 152 Å². The van der Waals surface area contributed by atoms with Crippen molar-refractivity contribution in [2.75, 3.05) is 11.9 Å². The van der Waals surface area contributed by atoms with E-state index in [9.17, 15) is 29.2 Å². The van der Waals surface area contributed by atoms with E-state index in [-0.39, 0.29) is 41.7 Å². The third-order valence-electron chi connectivity index (χ3n) is 13.2. The molecule has 1 unspecified atom stereocenters. The number of nitrogens with one attached hydrogen (secondary N) is 2. The van der Waals surface area contributed by atoms with Gasteiger partial charge in [0.2, 0.25) is 11.8 Å². The first-order valence-corrected chi connectivity index (χ1v) is 20.1. The van der Waals surface area contributed by atoms with Crippen molar-refractivity contribution < 1.29 is 28.7 Å². The summed E-state index contributed by atoms with van der Waals surface area (Å²) in [6.07, 6.45) is 4.09. The summed E-state index contributed by atoms with van der Waals surface area (Å²) in [5.74, 6) is -1.48. The Labute approximate surface area is 337 Å². The van der Waals surface area contributed by atoms with E-state index in [1.165, 1.54) is 0 Å². The predicted molar refractivity (Wildman–Crippen MR) is 213 cm³/mol. The molecular formula is C44H47ClN6O6. The van der Waals surface area contributed by atoms with Crippen LogP contribution in [0.2, 0.25) is 5.02 Å². The monoisotopic (exact) mass is 790 g/mol. The molecule has 2 aliphatic carbocycles. The molecule has 0 aromatic heterocycles. The predicted octanol–water partition coefficient (Wildman–Crippen LogP) is 5.99. The molecule has 3 aromatic carbocycles. The van der Waals surface area contributed by atoms with Gasteiger partial charge in [0.1, 0.15) is 24.0 Å². The lowest BCUT2D eigenvalue weighted by Crippen LogP contribution is -2.74. The average molecular weight is 791 g/mol. The SMILES string of the molecule is CN(c1ccc(C(=O)NC2C(C)(C)C(Oc3ccc(C#N)c(Cl)c3)C2(C)C)cc1)C1CCC(N2Cc3cc4c(cc3C2)C(=O)N(C2CCC(=O)NC2=O)C4=O)CC1. The normalized spacial score (nSPS) is 26.2. The van der Waals surface area contributed by atoms with Gasteiger partial charge in [0.15, 0.2) is 0 Å².